The minimum atomic E-state index is -3.15. The molecule has 342 valence electrons. The first kappa shape index (κ1) is 41.2. The maximum atomic E-state index is 5.62. The molecule has 10 aromatic carbocycles. The van der Waals surface area contributed by atoms with Crippen LogP contribution in [0.5, 0.6) is 0 Å². The third-order valence-electron chi connectivity index (χ3n) is 14.9. The first-order chi connectivity index (χ1) is 36.2. The van der Waals surface area contributed by atoms with Crippen molar-refractivity contribution in [1.82, 2.24) is 33.1 Å². The average Bonchev–Trinajstić information content (AvgIpc) is 4.20. The molecule has 15 aromatic rings. The largest absolute Gasteiger partial charge is 0.294 e. The first-order valence-corrected chi connectivity index (χ1v) is 26.8. The van der Waals surface area contributed by atoms with E-state index in [-0.39, 0.29) is 0 Å². The fraction of sp³-hybridized carbons (Fsp3) is 0. The molecule has 0 aliphatic heterocycles. The Morgan fingerprint density at radius 3 is 1.37 bits per heavy atom. The Morgan fingerprint density at radius 2 is 0.767 bits per heavy atom. The van der Waals surface area contributed by atoms with Crippen LogP contribution in [0.15, 0.2) is 261 Å². The van der Waals surface area contributed by atoms with Crippen LogP contribution in [0.3, 0.4) is 0 Å². The van der Waals surface area contributed by atoms with Gasteiger partial charge in [-0.2, -0.15) is 4.98 Å². The lowest BCUT2D eigenvalue weighted by atomic mass is 10.1. The highest BCUT2D eigenvalue weighted by Crippen LogP contribution is 2.36. The van der Waals surface area contributed by atoms with Crippen molar-refractivity contribution in [2.45, 2.75) is 0 Å². The minimum absolute atomic E-state index is 0.608. The van der Waals surface area contributed by atoms with Crippen LogP contribution >= 0.6 is 0 Å². The minimum Gasteiger partial charge on any atom is -0.294 e. The molecule has 0 bridgehead atoms. The molecule has 0 aliphatic carbocycles. The molecule has 5 aromatic heterocycles. The van der Waals surface area contributed by atoms with Gasteiger partial charge in [0.2, 0.25) is 11.7 Å². The van der Waals surface area contributed by atoms with Gasteiger partial charge in [-0.15, -0.1) is 0 Å². The third-order valence-corrected chi connectivity index (χ3v) is 19.7. The summed E-state index contributed by atoms with van der Waals surface area (Å²) >= 11 is 0. The number of aromatic nitrogens is 7. The zero-order valence-corrected chi connectivity index (χ0v) is 40.5. The van der Waals surface area contributed by atoms with Gasteiger partial charge in [0.1, 0.15) is 5.82 Å². The number of hydrogen-bond acceptors (Lipinski definition) is 3. The fourth-order valence-electron chi connectivity index (χ4n) is 11.9. The normalized spacial score (nSPS) is 12.1. The van der Waals surface area contributed by atoms with Crippen molar-refractivity contribution in [2.75, 3.05) is 0 Å². The van der Waals surface area contributed by atoms with Gasteiger partial charge in [0.05, 0.1) is 49.8 Å². The number of hydrogen-bond donors (Lipinski definition) is 0. The first-order valence-electron chi connectivity index (χ1n) is 24.8. The lowest BCUT2D eigenvalue weighted by molar-refractivity contribution is 0.952. The molecule has 73 heavy (non-hydrogen) atoms. The highest BCUT2D eigenvalue weighted by Gasteiger charge is 2.42. The van der Waals surface area contributed by atoms with E-state index in [9.17, 15) is 0 Å². The van der Waals surface area contributed by atoms with Gasteiger partial charge in [-0.3, -0.25) is 18.1 Å². The maximum Gasteiger partial charge on any atom is 0.237 e. The standard InChI is InChI=1S/C65H43N7Si/c1-3-23-46(24-4-1)73(47-25-5-2-6-26-47,49-28-20-22-45(42-49)69-61-39-17-18-40-62(61)72-60-38-16-11-33-54(60)67-65(69)72)48-27-19-21-44(41-48)55-43-63(70-56-34-12-7-29-50(56)51-30-8-13-35-57(51)70)68-64(66-55)71-58-36-14-9-31-52(58)53-32-10-15-37-59(53)71/h1-43H. The molecule has 0 aliphatic rings. The summed E-state index contributed by atoms with van der Waals surface area (Å²) in [5.74, 6) is 2.29. The second-order valence-electron chi connectivity index (χ2n) is 18.8. The predicted octanol–water partition coefficient (Wildman–Crippen LogP) is 12.5. The van der Waals surface area contributed by atoms with E-state index in [2.05, 4.69) is 279 Å². The summed E-state index contributed by atoms with van der Waals surface area (Å²) in [5, 5.41) is 9.73. The van der Waals surface area contributed by atoms with E-state index in [4.69, 9.17) is 15.0 Å². The van der Waals surface area contributed by atoms with E-state index in [1.807, 2.05) is 0 Å². The molecular weight excluding hydrogens is 907 g/mol. The Balaban J connectivity index is 1.00. The Bertz CT molecular complexity index is 4360. The highest BCUT2D eigenvalue weighted by molar-refractivity contribution is 7.20. The van der Waals surface area contributed by atoms with Crippen molar-refractivity contribution in [3.8, 4) is 28.7 Å². The van der Waals surface area contributed by atoms with Gasteiger partial charge in [0, 0.05) is 38.9 Å². The quantitative estimate of drug-likeness (QED) is 0.113. The van der Waals surface area contributed by atoms with E-state index in [1.54, 1.807) is 0 Å². The van der Waals surface area contributed by atoms with Crippen molar-refractivity contribution < 1.29 is 0 Å². The molecule has 0 saturated carbocycles. The molecule has 0 unspecified atom stereocenters. The van der Waals surface area contributed by atoms with Crippen LogP contribution in [-0.4, -0.2) is 41.1 Å². The smallest absolute Gasteiger partial charge is 0.237 e. The summed E-state index contributed by atoms with van der Waals surface area (Å²) in [6.07, 6.45) is 0. The van der Waals surface area contributed by atoms with Crippen LogP contribution in [0.2, 0.25) is 0 Å². The molecule has 0 amide bonds. The maximum absolute atomic E-state index is 5.62. The summed E-state index contributed by atoms with van der Waals surface area (Å²) < 4.78 is 9.17. The molecular formula is C65H43N7Si. The zero-order valence-electron chi connectivity index (χ0n) is 39.5. The SMILES string of the molecule is c1ccc([Si](c2ccccc2)(c2cccc(-c3cc(-n4c5ccccc5c5ccccc54)nc(-n4c5ccccc5c5ccccc54)n3)c2)c2cccc(-n3c4ccccc4n4c5ccccc5nc34)c2)cc1. The van der Waals surface area contributed by atoms with Crippen molar-refractivity contribution in [2.24, 2.45) is 0 Å². The molecule has 0 atom stereocenters. The van der Waals surface area contributed by atoms with Crippen LogP contribution < -0.4 is 20.7 Å². The van der Waals surface area contributed by atoms with Crippen molar-refractivity contribution in [1.29, 1.82) is 0 Å². The monoisotopic (exact) mass is 949 g/mol. The molecule has 0 saturated heterocycles. The number of nitrogens with zero attached hydrogens (tertiary/aromatic N) is 7. The third kappa shape index (κ3) is 6.14. The fourth-order valence-corrected chi connectivity index (χ4v) is 16.7. The molecule has 0 spiro atoms. The van der Waals surface area contributed by atoms with Gasteiger partial charge in [-0.05, 0) is 81.4 Å². The van der Waals surface area contributed by atoms with Crippen LogP contribution in [0.1, 0.15) is 0 Å². The van der Waals surface area contributed by atoms with Crippen molar-refractivity contribution in [3.63, 3.8) is 0 Å². The Kier molecular flexibility index (Phi) is 9.14. The highest BCUT2D eigenvalue weighted by atomic mass is 28.3. The second-order valence-corrected chi connectivity index (χ2v) is 22.6. The molecule has 15 rings (SSSR count). The second kappa shape index (κ2) is 16.2. The number of rotatable bonds is 8. The summed E-state index contributed by atoms with van der Waals surface area (Å²) in [5.41, 5.74) is 11.4. The van der Waals surface area contributed by atoms with Crippen LogP contribution in [-0.2, 0) is 0 Å². The van der Waals surface area contributed by atoms with Crippen LogP contribution in [0.25, 0.3) is 100 Å². The van der Waals surface area contributed by atoms with Gasteiger partial charge in [0.15, 0.2) is 8.07 Å². The molecule has 5 heterocycles. The van der Waals surface area contributed by atoms with E-state index < -0.39 is 8.07 Å². The summed E-state index contributed by atoms with van der Waals surface area (Å²) in [4.78, 5) is 16.5. The molecule has 0 radical (unpaired) electrons. The van der Waals surface area contributed by atoms with Gasteiger partial charge < -0.3 is 0 Å². The summed E-state index contributed by atoms with van der Waals surface area (Å²) in [7, 11) is -3.15. The predicted molar refractivity (Wildman–Crippen MR) is 303 cm³/mol. The topological polar surface area (TPSA) is 57.9 Å². The van der Waals surface area contributed by atoms with E-state index in [1.165, 1.54) is 31.5 Å². The van der Waals surface area contributed by atoms with Crippen LogP contribution in [0, 0.1) is 0 Å². The molecule has 8 heteroatoms. The van der Waals surface area contributed by atoms with E-state index in [0.717, 1.165) is 83.4 Å². The Labute approximate surface area is 420 Å². The molecule has 7 nitrogen and oxygen atoms in total. The number of para-hydroxylation sites is 8. The van der Waals surface area contributed by atoms with Gasteiger partial charge in [0.25, 0.3) is 0 Å². The summed E-state index contributed by atoms with van der Waals surface area (Å²) in [6, 6.07) is 94.4. The lowest BCUT2D eigenvalue weighted by Gasteiger charge is -2.35. The zero-order chi connectivity index (χ0) is 48.0. The van der Waals surface area contributed by atoms with Gasteiger partial charge in [-0.1, -0.05) is 194 Å². The van der Waals surface area contributed by atoms with Crippen molar-refractivity contribution in [3.05, 3.63) is 261 Å². The summed E-state index contributed by atoms with van der Waals surface area (Å²) in [6.45, 7) is 0. The van der Waals surface area contributed by atoms with Crippen LogP contribution in [0.4, 0.5) is 0 Å². The molecule has 0 N–H and O–H groups in total. The Hall–Kier alpha value is -9.63. The lowest BCUT2D eigenvalue weighted by Crippen LogP contribution is -2.74. The van der Waals surface area contributed by atoms with E-state index in [0.29, 0.717) is 5.95 Å². The number of benzene rings is 10. The number of imidazole rings is 2. The average molecular weight is 950 g/mol. The van der Waals surface area contributed by atoms with E-state index >= 15 is 0 Å². The number of fused-ring (bicyclic) bond motifs is 11. The van der Waals surface area contributed by atoms with Crippen molar-refractivity contribution >= 4 is 100 Å². The Morgan fingerprint density at radius 1 is 0.301 bits per heavy atom. The van der Waals surface area contributed by atoms with Gasteiger partial charge >= 0.3 is 0 Å². The molecule has 0 fully saturated rings. The van der Waals surface area contributed by atoms with Gasteiger partial charge in [-0.25, -0.2) is 9.97 Å².